The van der Waals surface area contributed by atoms with E-state index in [2.05, 4.69) is 62.5 Å². The lowest BCUT2D eigenvalue weighted by atomic mass is 10.0. The van der Waals surface area contributed by atoms with Gasteiger partial charge in [0.25, 0.3) is 0 Å². The molecule has 370 valence electrons. The van der Waals surface area contributed by atoms with Crippen LogP contribution in [0.2, 0.25) is 0 Å². The van der Waals surface area contributed by atoms with E-state index in [9.17, 15) is 19.8 Å². The van der Waals surface area contributed by atoms with E-state index in [0.29, 0.717) is 19.3 Å². The number of aliphatic hydroxyl groups is 2. The topological polar surface area (TPSA) is 95.9 Å². The van der Waals surface area contributed by atoms with Crippen LogP contribution in [0.3, 0.4) is 0 Å². The average Bonchev–Trinajstić information content (AvgIpc) is 3.28. The Morgan fingerprint density at radius 3 is 1.25 bits per heavy atom. The van der Waals surface area contributed by atoms with Crippen molar-refractivity contribution in [2.24, 2.45) is 0 Å². The van der Waals surface area contributed by atoms with Gasteiger partial charge in [0.05, 0.1) is 25.2 Å². The lowest BCUT2D eigenvalue weighted by molar-refractivity contribution is -0.151. The number of carbonyl (C=O) groups excluding carboxylic acids is 2. The summed E-state index contributed by atoms with van der Waals surface area (Å²) in [5.74, 6) is -0.476. The molecule has 0 aliphatic rings. The van der Waals surface area contributed by atoms with Crippen LogP contribution in [-0.4, -0.2) is 46.9 Å². The van der Waals surface area contributed by atoms with Gasteiger partial charge in [0, 0.05) is 6.42 Å². The highest BCUT2D eigenvalue weighted by molar-refractivity contribution is 5.77. The molecule has 1 amide bonds. The monoisotopic (exact) mass is 886 g/mol. The third-order valence-electron chi connectivity index (χ3n) is 12.7. The summed E-state index contributed by atoms with van der Waals surface area (Å²) in [6, 6.07) is -0.701. The van der Waals surface area contributed by atoms with Crippen LogP contribution in [0.1, 0.15) is 290 Å². The van der Waals surface area contributed by atoms with E-state index in [1.54, 1.807) is 0 Å². The van der Waals surface area contributed by atoms with Gasteiger partial charge in [-0.25, -0.2) is 0 Å². The second-order valence-corrected chi connectivity index (χ2v) is 19.0. The SMILES string of the molecule is CCCCC/C=C\C/C=C\C/C=C\CCCCCCCCC(=O)OC(CCCCCCCCCCCC)CC(=O)NC(CO)C(O)CCCCCCCCCCCCCCCCC. The Labute approximate surface area is 392 Å². The number of allylic oxidation sites excluding steroid dienone is 6. The van der Waals surface area contributed by atoms with E-state index < -0.39 is 18.2 Å². The number of esters is 1. The molecule has 0 saturated heterocycles. The highest BCUT2D eigenvalue weighted by Crippen LogP contribution is 2.18. The van der Waals surface area contributed by atoms with Crippen LogP contribution in [0.25, 0.3) is 0 Å². The molecular weight excluding hydrogens is 779 g/mol. The quantitative estimate of drug-likeness (QED) is 0.0321. The summed E-state index contributed by atoms with van der Waals surface area (Å²) < 4.78 is 5.94. The Hall–Kier alpha value is -1.92. The second kappa shape index (κ2) is 51.1. The fraction of sp³-hybridized carbons (Fsp3) is 0.860. The number of nitrogens with one attached hydrogen (secondary N) is 1. The maximum Gasteiger partial charge on any atom is 0.306 e. The minimum atomic E-state index is -0.787. The van der Waals surface area contributed by atoms with E-state index in [1.807, 2.05) is 0 Å². The van der Waals surface area contributed by atoms with Gasteiger partial charge in [-0.05, 0) is 64.2 Å². The Morgan fingerprint density at radius 2 is 0.810 bits per heavy atom. The van der Waals surface area contributed by atoms with Gasteiger partial charge in [0.2, 0.25) is 5.91 Å². The van der Waals surface area contributed by atoms with E-state index >= 15 is 0 Å². The predicted octanol–water partition coefficient (Wildman–Crippen LogP) is 16.8. The van der Waals surface area contributed by atoms with Crippen molar-refractivity contribution in [2.75, 3.05) is 6.61 Å². The van der Waals surface area contributed by atoms with Crippen LogP contribution < -0.4 is 5.32 Å². The van der Waals surface area contributed by atoms with Gasteiger partial charge in [-0.15, -0.1) is 0 Å². The molecule has 0 aliphatic carbocycles. The number of amides is 1. The van der Waals surface area contributed by atoms with Gasteiger partial charge in [0.1, 0.15) is 6.10 Å². The molecule has 0 heterocycles. The standard InChI is InChI=1S/C57H107NO5/c1-4-7-10-13-16-19-22-24-26-27-28-29-31-33-35-38-41-44-47-50-57(62)63-53(48-45-42-39-36-21-18-15-12-9-6-3)51-56(61)58-54(52-59)55(60)49-46-43-40-37-34-32-30-25-23-20-17-14-11-8-5-2/h16,19,24,26,28-29,53-55,59-60H,4-15,17-18,20-23,25,27,30-52H2,1-3H3,(H,58,61)/b19-16-,26-24-,29-28-. The molecule has 3 atom stereocenters. The predicted molar refractivity (Wildman–Crippen MR) is 273 cm³/mol. The Balaban J connectivity index is 4.45. The molecule has 3 N–H and O–H groups in total. The number of aliphatic hydroxyl groups excluding tert-OH is 2. The number of ether oxygens (including phenoxy) is 1. The smallest absolute Gasteiger partial charge is 0.306 e. The number of carbonyl (C=O) groups is 2. The van der Waals surface area contributed by atoms with Crippen molar-refractivity contribution < 1.29 is 24.5 Å². The molecule has 63 heavy (non-hydrogen) atoms. The fourth-order valence-electron chi connectivity index (χ4n) is 8.50. The van der Waals surface area contributed by atoms with Crippen LogP contribution in [0, 0.1) is 0 Å². The van der Waals surface area contributed by atoms with Crippen molar-refractivity contribution in [1.82, 2.24) is 5.32 Å². The van der Waals surface area contributed by atoms with Crippen LogP contribution in [0.15, 0.2) is 36.5 Å². The van der Waals surface area contributed by atoms with Crippen LogP contribution >= 0.6 is 0 Å². The molecule has 0 aliphatic heterocycles. The maximum absolute atomic E-state index is 13.2. The minimum Gasteiger partial charge on any atom is -0.462 e. The summed E-state index contributed by atoms with van der Waals surface area (Å²) in [4.78, 5) is 26.2. The van der Waals surface area contributed by atoms with E-state index in [-0.39, 0.29) is 24.9 Å². The Bertz CT molecular complexity index is 1040. The summed E-state index contributed by atoms with van der Waals surface area (Å²) in [7, 11) is 0. The zero-order valence-corrected chi connectivity index (χ0v) is 42.2. The molecule has 0 saturated carbocycles. The van der Waals surface area contributed by atoms with Crippen LogP contribution in [0.4, 0.5) is 0 Å². The highest BCUT2D eigenvalue weighted by Gasteiger charge is 2.24. The normalized spacial score (nSPS) is 13.4. The van der Waals surface area contributed by atoms with Crippen LogP contribution in [-0.2, 0) is 14.3 Å². The first-order chi connectivity index (χ1) is 31.0. The van der Waals surface area contributed by atoms with Gasteiger partial charge in [-0.2, -0.15) is 0 Å². The number of hydrogen-bond donors (Lipinski definition) is 3. The molecule has 0 bridgehead atoms. The molecule has 0 aromatic rings. The molecule has 0 radical (unpaired) electrons. The van der Waals surface area contributed by atoms with Crippen molar-refractivity contribution in [3.63, 3.8) is 0 Å². The van der Waals surface area contributed by atoms with Crippen molar-refractivity contribution in [1.29, 1.82) is 0 Å². The zero-order valence-electron chi connectivity index (χ0n) is 42.2. The largest absolute Gasteiger partial charge is 0.462 e. The molecule has 0 fully saturated rings. The molecular formula is C57H107NO5. The van der Waals surface area contributed by atoms with Crippen molar-refractivity contribution >= 4 is 11.9 Å². The van der Waals surface area contributed by atoms with Crippen molar-refractivity contribution in [3.8, 4) is 0 Å². The molecule has 0 aromatic heterocycles. The summed E-state index contributed by atoms with van der Waals surface area (Å²) in [5, 5.41) is 23.8. The van der Waals surface area contributed by atoms with Crippen molar-refractivity contribution in [2.45, 2.75) is 309 Å². The zero-order chi connectivity index (χ0) is 45.9. The first kappa shape index (κ1) is 61.1. The minimum absolute atomic E-state index is 0.0760. The first-order valence-electron chi connectivity index (χ1n) is 27.7. The van der Waals surface area contributed by atoms with Gasteiger partial charge >= 0.3 is 5.97 Å². The highest BCUT2D eigenvalue weighted by atomic mass is 16.5. The first-order valence-corrected chi connectivity index (χ1v) is 27.7. The van der Waals surface area contributed by atoms with E-state index in [1.165, 1.54) is 180 Å². The molecule has 0 rings (SSSR count). The van der Waals surface area contributed by atoms with Crippen LogP contribution in [0.5, 0.6) is 0 Å². The molecule has 0 aromatic carbocycles. The van der Waals surface area contributed by atoms with E-state index in [4.69, 9.17) is 4.74 Å². The third kappa shape index (κ3) is 46.4. The van der Waals surface area contributed by atoms with Crippen molar-refractivity contribution in [3.05, 3.63) is 36.5 Å². The molecule has 3 unspecified atom stereocenters. The van der Waals surface area contributed by atoms with Gasteiger partial charge in [0.15, 0.2) is 0 Å². The third-order valence-corrected chi connectivity index (χ3v) is 12.7. The van der Waals surface area contributed by atoms with Gasteiger partial charge < -0.3 is 20.3 Å². The van der Waals surface area contributed by atoms with E-state index in [0.717, 1.165) is 64.2 Å². The lowest BCUT2D eigenvalue weighted by Gasteiger charge is -2.24. The summed E-state index contributed by atoms with van der Waals surface area (Å²) in [6.45, 7) is 6.47. The second-order valence-electron chi connectivity index (χ2n) is 19.0. The maximum atomic E-state index is 13.2. The fourth-order valence-corrected chi connectivity index (χ4v) is 8.50. The molecule has 6 nitrogen and oxygen atoms in total. The number of rotatable bonds is 50. The number of hydrogen-bond acceptors (Lipinski definition) is 5. The van der Waals surface area contributed by atoms with Gasteiger partial charge in [-0.1, -0.05) is 250 Å². The average molecular weight is 886 g/mol. The molecule has 0 spiro atoms. The summed E-state index contributed by atoms with van der Waals surface area (Å²) in [5.41, 5.74) is 0. The van der Waals surface area contributed by atoms with Gasteiger partial charge in [-0.3, -0.25) is 9.59 Å². The Morgan fingerprint density at radius 1 is 0.460 bits per heavy atom. The summed E-state index contributed by atoms with van der Waals surface area (Å²) in [6.07, 6.45) is 60.6. The summed E-state index contributed by atoms with van der Waals surface area (Å²) >= 11 is 0. The number of unbranched alkanes of at least 4 members (excludes halogenated alkanes) is 32. The molecule has 6 heteroatoms. The lowest BCUT2D eigenvalue weighted by Crippen LogP contribution is -2.46. The Kier molecular flexibility index (Phi) is 49.5.